The van der Waals surface area contributed by atoms with Crippen molar-refractivity contribution in [3.8, 4) is 0 Å². The van der Waals surface area contributed by atoms with Crippen molar-refractivity contribution in [3.63, 3.8) is 0 Å². The zero-order chi connectivity index (χ0) is 13.7. The number of rotatable bonds is 7. The van der Waals surface area contributed by atoms with Crippen molar-refractivity contribution < 1.29 is 9.90 Å². The Kier molecular flexibility index (Phi) is 4.42. The van der Waals surface area contributed by atoms with Gasteiger partial charge >= 0.3 is 6.03 Å². The summed E-state index contributed by atoms with van der Waals surface area (Å²) in [7, 11) is 1.89. The van der Waals surface area contributed by atoms with Crippen LogP contribution in [0.15, 0.2) is 12.4 Å². The maximum absolute atomic E-state index is 11.5. The molecule has 1 aliphatic rings. The maximum atomic E-state index is 11.5. The minimum absolute atomic E-state index is 0.0347. The van der Waals surface area contributed by atoms with E-state index >= 15 is 0 Å². The Bertz CT molecular complexity index is 426. The summed E-state index contributed by atoms with van der Waals surface area (Å²) in [5.74, 6) is 0. The van der Waals surface area contributed by atoms with Gasteiger partial charge in [-0.1, -0.05) is 0 Å². The van der Waals surface area contributed by atoms with Crippen molar-refractivity contribution in [2.75, 3.05) is 19.7 Å². The van der Waals surface area contributed by atoms with Gasteiger partial charge in [-0.05, 0) is 31.2 Å². The molecule has 0 aliphatic heterocycles. The summed E-state index contributed by atoms with van der Waals surface area (Å²) in [6, 6.07) is -0.147. The van der Waals surface area contributed by atoms with E-state index in [0.717, 1.165) is 25.7 Å². The first kappa shape index (κ1) is 13.9. The summed E-state index contributed by atoms with van der Waals surface area (Å²) in [4.78, 5) is 11.5. The molecule has 0 radical (unpaired) electrons. The number of amides is 2. The Morgan fingerprint density at radius 3 is 2.89 bits per heavy atom. The van der Waals surface area contributed by atoms with E-state index in [1.165, 1.54) is 5.56 Å². The number of aliphatic hydroxyl groups is 1. The van der Waals surface area contributed by atoms with E-state index in [2.05, 4.69) is 15.7 Å². The fourth-order valence-electron chi connectivity index (χ4n) is 1.99. The number of aryl methyl sites for hydroxylation is 2. The van der Waals surface area contributed by atoms with Gasteiger partial charge in [-0.15, -0.1) is 0 Å². The van der Waals surface area contributed by atoms with Crippen molar-refractivity contribution in [3.05, 3.63) is 18.0 Å². The van der Waals surface area contributed by atoms with Crippen LogP contribution < -0.4 is 10.6 Å². The highest BCUT2D eigenvalue weighted by Crippen LogP contribution is 2.44. The van der Waals surface area contributed by atoms with E-state index < -0.39 is 0 Å². The van der Waals surface area contributed by atoms with Crippen LogP contribution in [0.5, 0.6) is 0 Å². The monoisotopic (exact) mass is 266 g/mol. The van der Waals surface area contributed by atoms with Gasteiger partial charge in [-0.25, -0.2) is 4.79 Å². The summed E-state index contributed by atoms with van der Waals surface area (Å²) in [5, 5.41) is 18.9. The number of hydrogen-bond donors (Lipinski definition) is 3. The van der Waals surface area contributed by atoms with Gasteiger partial charge in [0.05, 0.1) is 12.8 Å². The van der Waals surface area contributed by atoms with E-state index in [1.54, 1.807) is 4.68 Å². The van der Waals surface area contributed by atoms with Crippen LogP contribution in [0, 0.1) is 5.41 Å². The van der Waals surface area contributed by atoms with Crippen LogP contribution in [-0.4, -0.2) is 40.6 Å². The van der Waals surface area contributed by atoms with Crippen LogP contribution in [0.4, 0.5) is 4.79 Å². The molecule has 0 atom stereocenters. The number of carbonyl (C=O) groups is 1. The quantitative estimate of drug-likeness (QED) is 0.626. The first-order valence-corrected chi connectivity index (χ1v) is 6.74. The van der Waals surface area contributed by atoms with Crippen LogP contribution in [0.1, 0.15) is 24.8 Å². The van der Waals surface area contributed by atoms with Crippen molar-refractivity contribution in [1.82, 2.24) is 20.4 Å². The van der Waals surface area contributed by atoms with Gasteiger partial charge in [0.2, 0.25) is 0 Å². The SMILES string of the molecule is Cn1cc(CCCNC(=O)NCC2(CO)CC2)cn1. The van der Waals surface area contributed by atoms with Gasteiger partial charge in [-0.3, -0.25) is 4.68 Å². The Morgan fingerprint density at radius 2 is 2.32 bits per heavy atom. The van der Waals surface area contributed by atoms with Gasteiger partial charge in [0.1, 0.15) is 0 Å². The smallest absolute Gasteiger partial charge is 0.314 e. The number of nitrogens with zero attached hydrogens (tertiary/aromatic N) is 2. The Labute approximate surface area is 113 Å². The van der Waals surface area contributed by atoms with Crippen LogP contribution in [-0.2, 0) is 13.5 Å². The van der Waals surface area contributed by atoms with Gasteiger partial charge in [0, 0.05) is 31.7 Å². The Morgan fingerprint density at radius 1 is 1.53 bits per heavy atom. The average Bonchev–Trinajstić information content (AvgIpc) is 3.08. The van der Waals surface area contributed by atoms with Crippen LogP contribution in [0.25, 0.3) is 0 Å². The second-order valence-corrected chi connectivity index (χ2v) is 5.39. The molecule has 1 aliphatic carbocycles. The predicted molar refractivity (Wildman–Crippen MR) is 71.7 cm³/mol. The third kappa shape index (κ3) is 4.24. The summed E-state index contributed by atoms with van der Waals surface area (Å²) >= 11 is 0. The molecule has 0 spiro atoms. The molecule has 0 bridgehead atoms. The molecule has 2 rings (SSSR count). The number of carbonyl (C=O) groups excluding carboxylic acids is 1. The Balaban J connectivity index is 1.54. The highest BCUT2D eigenvalue weighted by molar-refractivity contribution is 5.73. The first-order chi connectivity index (χ1) is 9.13. The lowest BCUT2D eigenvalue weighted by Gasteiger charge is -2.13. The molecule has 106 valence electrons. The van der Waals surface area contributed by atoms with Crippen LogP contribution >= 0.6 is 0 Å². The average molecular weight is 266 g/mol. The van der Waals surface area contributed by atoms with Crippen LogP contribution in [0.2, 0.25) is 0 Å². The molecular weight excluding hydrogens is 244 g/mol. The van der Waals surface area contributed by atoms with Crippen molar-refractivity contribution in [2.45, 2.75) is 25.7 Å². The standard InChI is InChI=1S/C13H22N4O2/c1-17-8-11(7-16-17)3-2-6-14-12(19)15-9-13(10-18)4-5-13/h7-8,18H,2-6,9-10H2,1H3,(H2,14,15,19). The van der Waals surface area contributed by atoms with E-state index in [-0.39, 0.29) is 18.1 Å². The Hall–Kier alpha value is -1.56. The maximum Gasteiger partial charge on any atom is 0.314 e. The highest BCUT2D eigenvalue weighted by Gasteiger charge is 2.41. The topological polar surface area (TPSA) is 79.2 Å². The molecule has 19 heavy (non-hydrogen) atoms. The number of urea groups is 1. The first-order valence-electron chi connectivity index (χ1n) is 6.74. The summed E-state index contributed by atoms with van der Waals surface area (Å²) in [5.41, 5.74) is 1.15. The van der Waals surface area contributed by atoms with E-state index in [0.29, 0.717) is 13.1 Å². The molecule has 0 unspecified atom stereocenters. The number of aromatic nitrogens is 2. The zero-order valence-electron chi connectivity index (χ0n) is 11.4. The predicted octanol–water partition coefficient (Wildman–Crippen LogP) is 0.424. The highest BCUT2D eigenvalue weighted by atomic mass is 16.3. The fourth-order valence-corrected chi connectivity index (χ4v) is 1.99. The summed E-state index contributed by atoms with van der Waals surface area (Å²) in [6.07, 6.45) is 7.64. The van der Waals surface area contributed by atoms with Gasteiger partial charge in [0.25, 0.3) is 0 Å². The molecule has 2 amide bonds. The molecule has 6 heteroatoms. The van der Waals surface area contributed by atoms with Gasteiger partial charge < -0.3 is 15.7 Å². The number of aliphatic hydroxyl groups excluding tert-OH is 1. The minimum atomic E-state index is -0.147. The molecule has 1 heterocycles. The molecule has 1 fully saturated rings. The lowest BCUT2D eigenvalue weighted by atomic mass is 10.1. The third-order valence-corrected chi connectivity index (χ3v) is 3.60. The number of hydrogen-bond acceptors (Lipinski definition) is 3. The summed E-state index contributed by atoms with van der Waals surface area (Å²) < 4.78 is 1.78. The van der Waals surface area contributed by atoms with Gasteiger partial charge in [0.15, 0.2) is 0 Å². The van der Waals surface area contributed by atoms with Crippen molar-refractivity contribution in [2.24, 2.45) is 12.5 Å². The van der Waals surface area contributed by atoms with E-state index in [4.69, 9.17) is 5.11 Å². The van der Waals surface area contributed by atoms with Crippen LogP contribution in [0.3, 0.4) is 0 Å². The second-order valence-electron chi connectivity index (χ2n) is 5.39. The molecule has 0 aromatic carbocycles. The molecule has 6 nitrogen and oxygen atoms in total. The lowest BCUT2D eigenvalue weighted by Crippen LogP contribution is -2.40. The minimum Gasteiger partial charge on any atom is -0.396 e. The molecule has 1 saturated carbocycles. The zero-order valence-corrected chi connectivity index (χ0v) is 11.4. The molecule has 0 saturated heterocycles. The normalized spacial score (nSPS) is 16.1. The lowest BCUT2D eigenvalue weighted by molar-refractivity contribution is 0.203. The van der Waals surface area contributed by atoms with Crippen molar-refractivity contribution in [1.29, 1.82) is 0 Å². The third-order valence-electron chi connectivity index (χ3n) is 3.60. The number of nitrogens with one attached hydrogen (secondary N) is 2. The van der Waals surface area contributed by atoms with Crippen molar-refractivity contribution >= 4 is 6.03 Å². The molecule has 3 N–H and O–H groups in total. The molecule has 1 aromatic heterocycles. The van der Waals surface area contributed by atoms with E-state index in [9.17, 15) is 4.79 Å². The summed E-state index contributed by atoms with van der Waals surface area (Å²) in [6.45, 7) is 1.37. The molecular formula is C13H22N4O2. The fraction of sp³-hybridized carbons (Fsp3) is 0.692. The largest absolute Gasteiger partial charge is 0.396 e. The molecule has 1 aromatic rings. The van der Waals surface area contributed by atoms with E-state index in [1.807, 2.05) is 19.4 Å². The van der Waals surface area contributed by atoms with Gasteiger partial charge in [-0.2, -0.15) is 5.10 Å². The second kappa shape index (κ2) is 6.06.